The third kappa shape index (κ3) is 4.15. The van der Waals surface area contributed by atoms with Crippen molar-refractivity contribution in [3.63, 3.8) is 0 Å². The molecule has 1 aliphatic rings. The molecule has 1 fully saturated rings. The van der Waals surface area contributed by atoms with E-state index in [1.165, 1.54) is 30.4 Å². The largest absolute Gasteiger partial charge is 0.335 e. The second-order valence-electron chi connectivity index (χ2n) is 6.50. The Bertz CT molecular complexity index is 704. The second kappa shape index (κ2) is 7.79. The molecule has 0 radical (unpaired) electrons. The van der Waals surface area contributed by atoms with Crippen LogP contribution in [-0.4, -0.2) is 17.1 Å². The van der Waals surface area contributed by atoms with Gasteiger partial charge in [-0.2, -0.15) is 0 Å². The smallest absolute Gasteiger partial charge is 0.315 e. The molecule has 1 heterocycles. The Labute approximate surface area is 147 Å². The van der Waals surface area contributed by atoms with Crippen molar-refractivity contribution in [2.45, 2.75) is 58.5 Å². The summed E-state index contributed by atoms with van der Waals surface area (Å²) >= 11 is 1.66. The molecule has 0 bridgehead atoms. The minimum Gasteiger partial charge on any atom is -0.335 e. The van der Waals surface area contributed by atoms with E-state index in [-0.39, 0.29) is 6.03 Å². The first-order chi connectivity index (χ1) is 11.6. The van der Waals surface area contributed by atoms with Gasteiger partial charge >= 0.3 is 6.03 Å². The molecule has 1 aromatic heterocycles. The van der Waals surface area contributed by atoms with Crippen molar-refractivity contribution in [1.29, 1.82) is 0 Å². The number of benzene rings is 1. The average molecular weight is 343 g/mol. The molecule has 128 valence electrons. The average Bonchev–Trinajstić information content (AvgIpc) is 2.95. The lowest BCUT2D eigenvalue weighted by molar-refractivity contribution is 0.232. The summed E-state index contributed by atoms with van der Waals surface area (Å²) < 4.78 is 0. The van der Waals surface area contributed by atoms with E-state index in [0.29, 0.717) is 12.6 Å². The van der Waals surface area contributed by atoms with E-state index in [4.69, 9.17) is 0 Å². The normalized spacial score (nSPS) is 15.2. The van der Waals surface area contributed by atoms with Gasteiger partial charge in [-0.3, -0.25) is 0 Å². The van der Waals surface area contributed by atoms with Gasteiger partial charge in [0.05, 0.1) is 12.2 Å². The van der Waals surface area contributed by atoms with Gasteiger partial charge in [-0.25, -0.2) is 9.78 Å². The van der Waals surface area contributed by atoms with Crippen molar-refractivity contribution in [2.24, 2.45) is 0 Å². The number of nitrogens with one attached hydrogen (secondary N) is 2. The fraction of sp³-hybridized carbons (Fsp3) is 0.474. The van der Waals surface area contributed by atoms with Crippen LogP contribution in [0.25, 0.3) is 10.6 Å². The summed E-state index contributed by atoms with van der Waals surface area (Å²) in [5.74, 6) is 0. The molecule has 2 N–H and O–H groups in total. The van der Waals surface area contributed by atoms with Crippen LogP contribution in [0, 0.1) is 13.8 Å². The maximum absolute atomic E-state index is 12.1. The predicted octanol–water partition coefficient (Wildman–Crippen LogP) is 4.56. The van der Waals surface area contributed by atoms with E-state index in [1.54, 1.807) is 11.3 Å². The van der Waals surface area contributed by atoms with Crippen LogP contribution in [0.3, 0.4) is 0 Å². The summed E-state index contributed by atoms with van der Waals surface area (Å²) in [5.41, 5.74) is 3.39. The maximum atomic E-state index is 12.1. The van der Waals surface area contributed by atoms with Crippen LogP contribution >= 0.6 is 11.3 Å². The molecule has 1 aliphatic carbocycles. The summed E-state index contributed by atoms with van der Waals surface area (Å²) in [5, 5.41) is 7.10. The SMILES string of the molecule is Cc1ccccc1-c1nc(C)c(CNC(=O)NC2CCCCC2)s1. The predicted molar refractivity (Wildman–Crippen MR) is 99.3 cm³/mol. The van der Waals surface area contributed by atoms with Gasteiger partial charge in [-0.15, -0.1) is 11.3 Å². The van der Waals surface area contributed by atoms with Crippen LogP contribution in [0.15, 0.2) is 24.3 Å². The number of carbonyl (C=O) groups is 1. The van der Waals surface area contributed by atoms with Crippen LogP contribution in [0.2, 0.25) is 0 Å². The summed E-state index contributed by atoms with van der Waals surface area (Å²) in [7, 11) is 0. The Morgan fingerprint density at radius 1 is 1.21 bits per heavy atom. The molecule has 2 amide bonds. The second-order valence-corrected chi connectivity index (χ2v) is 7.59. The fourth-order valence-electron chi connectivity index (χ4n) is 3.16. The molecule has 0 atom stereocenters. The molecule has 5 heteroatoms. The lowest BCUT2D eigenvalue weighted by Gasteiger charge is -2.22. The van der Waals surface area contributed by atoms with E-state index in [9.17, 15) is 4.79 Å². The third-order valence-corrected chi connectivity index (χ3v) is 5.81. The lowest BCUT2D eigenvalue weighted by atomic mass is 9.96. The van der Waals surface area contributed by atoms with Crippen molar-refractivity contribution in [3.05, 3.63) is 40.4 Å². The highest BCUT2D eigenvalue weighted by Gasteiger charge is 2.16. The summed E-state index contributed by atoms with van der Waals surface area (Å²) in [6.45, 7) is 4.64. The molecule has 3 rings (SSSR count). The van der Waals surface area contributed by atoms with Crippen LogP contribution in [0.4, 0.5) is 4.79 Å². The zero-order chi connectivity index (χ0) is 16.9. The van der Waals surface area contributed by atoms with E-state index >= 15 is 0 Å². The molecule has 0 aliphatic heterocycles. The standard InChI is InChI=1S/C19H25N3OS/c1-13-8-6-7-11-16(13)18-21-14(2)17(24-18)12-20-19(23)22-15-9-4-3-5-10-15/h6-8,11,15H,3-5,9-10,12H2,1-2H3,(H2,20,22,23). The summed E-state index contributed by atoms with van der Waals surface area (Å²) in [6.07, 6.45) is 5.94. The first-order valence-corrected chi connectivity index (χ1v) is 9.52. The van der Waals surface area contributed by atoms with Crippen molar-refractivity contribution < 1.29 is 4.79 Å². The van der Waals surface area contributed by atoms with E-state index < -0.39 is 0 Å². The highest BCUT2D eigenvalue weighted by atomic mass is 32.1. The number of aromatic nitrogens is 1. The molecule has 0 unspecified atom stereocenters. The minimum atomic E-state index is -0.0628. The summed E-state index contributed by atoms with van der Waals surface area (Å²) in [6, 6.07) is 8.55. The molecule has 4 nitrogen and oxygen atoms in total. The first kappa shape index (κ1) is 17.0. The van der Waals surface area contributed by atoms with Crippen molar-refractivity contribution in [1.82, 2.24) is 15.6 Å². The monoisotopic (exact) mass is 343 g/mol. The zero-order valence-corrected chi connectivity index (χ0v) is 15.2. The van der Waals surface area contributed by atoms with Crippen molar-refractivity contribution in [3.8, 4) is 10.6 Å². The Morgan fingerprint density at radius 3 is 2.71 bits per heavy atom. The van der Waals surface area contributed by atoms with Gasteiger partial charge < -0.3 is 10.6 Å². The number of rotatable bonds is 4. The number of carbonyl (C=O) groups excluding carboxylic acids is 1. The molecular formula is C19H25N3OS. The molecule has 1 aromatic carbocycles. The van der Waals surface area contributed by atoms with Gasteiger partial charge in [0.2, 0.25) is 0 Å². The van der Waals surface area contributed by atoms with Crippen LogP contribution < -0.4 is 10.6 Å². The van der Waals surface area contributed by atoms with Crippen molar-refractivity contribution >= 4 is 17.4 Å². The number of hydrogen-bond acceptors (Lipinski definition) is 3. The number of thiazole rings is 1. The number of urea groups is 1. The highest BCUT2D eigenvalue weighted by molar-refractivity contribution is 7.15. The van der Waals surface area contributed by atoms with Gasteiger partial charge in [0.15, 0.2) is 0 Å². The third-order valence-electron chi connectivity index (χ3n) is 4.62. The van der Waals surface area contributed by atoms with E-state index in [2.05, 4.69) is 34.7 Å². The molecule has 0 saturated heterocycles. The topological polar surface area (TPSA) is 54.0 Å². The zero-order valence-electron chi connectivity index (χ0n) is 14.4. The Hall–Kier alpha value is -1.88. The van der Waals surface area contributed by atoms with E-state index in [0.717, 1.165) is 28.4 Å². The molecule has 24 heavy (non-hydrogen) atoms. The minimum absolute atomic E-state index is 0.0628. The van der Waals surface area contributed by atoms with Crippen LogP contribution in [0.1, 0.15) is 48.2 Å². The quantitative estimate of drug-likeness (QED) is 0.855. The van der Waals surface area contributed by atoms with Crippen molar-refractivity contribution in [2.75, 3.05) is 0 Å². The number of amides is 2. The maximum Gasteiger partial charge on any atom is 0.315 e. The molecule has 1 saturated carbocycles. The Morgan fingerprint density at radius 2 is 1.96 bits per heavy atom. The van der Waals surface area contributed by atoms with Gasteiger partial charge in [0.1, 0.15) is 5.01 Å². The number of hydrogen-bond donors (Lipinski definition) is 2. The van der Waals surface area contributed by atoms with Gasteiger partial charge in [0.25, 0.3) is 0 Å². The lowest BCUT2D eigenvalue weighted by Crippen LogP contribution is -2.42. The Kier molecular flexibility index (Phi) is 5.51. The molecule has 0 spiro atoms. The molecule has 2 aromatic rings. The van der Waals surface area contributed by atoms with Crippen LogP contribution in [-0.2, 0) is 6.54 Å². The van der Waals surface area contributed by atoms with Gasteiger partial charge in [-0.1, -0.05) is 43.5 Å². The summed E-state index contributed by atoms with van der Waals surface area (Å²) in [4.78, 5) is 17.9. The van der Waals surface area contributed by atoms with Gasteiger partial charge in [-0.05, 0) is 32.3 Å². The van der Waals surface area contributed by atoms with Gasteiger partial charge in [0, 0.05) is 16.5 Å². The van der Waals surface area contributed by atoms with E-state index in [1.807, 2.05) is 19.1 Å². The first-order valence-electron chi connectivity index (χ1n) is 8.70. The Balaban J connectivity index is 1.59. The number of aryl methyl sites for hydroxylation is 2. The highest BCUT2D eigenvalue weighted by Crippen LogP contribution is 2.30. The fourth-order valence-corrected chi connectivity index (χ4v) is 4.26. The molecular weight excluding hydrogens is 318 g/mol. The van der Waals surface area contributed by atoms with Crippen LogP contribution in [0.5, 0.6) is 0 Å². The number of nitrogens with zero attached hydrogens (tertiary/aromatic N) is 1.